The number of likely N-dealkylation sites (N-methyl/N-ethyl adjacent to an activating group) is 2. The molecule has 0 unspecified atom stereocenters. The lowest BCUT2D eigenvalue weighted by molar-refractivity contribution is -0.139. The number of likely N-dealkylation sites (tertiary alicyclic amines) is 1. The van der Waals surface area contributed by atoms with E-state index in [4.69, 9.17) is 16.6 Å². The number of nitrogen functional groups attached to an aromatic ring is 2. The van der Waals surface area contributed by atoms with E-state index in [1.54, 1.807) is 72.4 Å². The quantitative estimate of drug-likeness (QED) is 0.155. The van der Waals surface area contributed by atoms with Crippen LogP contribution in [0.5, 0.6) is 0 Å². The molecule has 324 valence electrons. The average Bonchev–Trinajstić information content (AvgIpc) is 4.17. The number of aliphatic carboxylic acids is 1. The molecule has 2 saturated carbocycles. The maximum Gasteiger partial charge on any atom is 0.306 e. The molecule has 17 heteroatoms. The third-order valence-electron chi connectivity index (χ3n) is 11.7. The van der Waals surface area contributed by atoms with Crippen molar-refractivity contribution in [1.82, 2.24) is 40.0 Å². The van der Waals surface area contributed by atoms with Crippen LogP contribution < -0.4 is 16.8 Å². The van der Waals surface area contributed by atoms with Gasteiger partial charge in [-0.3, -0.25) is 19.2 Å². The summed E-state index contributed by atoms with van der Waals surface area (Å²) >= 11 is 0. The summed E-state index contributed by atoms with van der Waals surface area (Å²) < 4.78 is 27.1. The zero-order chi connectivity index (χ0) is 44.5. The molecular formula is C46H46F2N10O5. The minimum Gasteiger partial charge on any atom is -0.481 e. The molecule has 10 rings (SSSR count). The first kappa shape index (κ1) is 42.5. The fourth-order valence-corrected chi connectivity index (χ4v) is 7.29. The molecule has 4 fully saturated rings. The lowest BCUT2D eigenvalue weighted by Gasteiger charge is -2.44. The van der Waals surface area contributed by atoms with Crippen molar-refractivity contribution in [1.29, 1.82) is 0 Å². The monoisotopic (exact) mass is 856 g/mol. The van der Waals surface area contributed by atoms with Gasteiger partial charge in [0, 0.05) is 80.5 Å². The number of anilines is 2. The predicted octanol–water partition coefficient (Wildman–Crippen LogP) is 5.25. The van der Waals surface area contributed by atoms with Crippen molar-refractivity contribution in [3.05, 3.63) is 108 Å². The molecule has 0 spiro atoms. The zero-order valence-electron chi connectivity index (χ0n) is 34.7. The number of amides is 3. The number of nitrogens with zero attached hydrogens (tertiary/aromatic N) is 7. The van der Waals surface area contributed by atoms with Crippen molar-refractivity contribution in [3.8, 4) is 22.5 Å². The van der Waals surface area contributed by atoms with Crippen molar-refractivity contribution in [2.45, 2.75) is 37.8 Å². The fraction of sp³-hybridized carbons (Fsp3) is 0.304. The Hall–Kier alpha value is -7.14. The second kappa shape index (κ2) is 17.7. The Balaban J connectivity index is 0.000000154. The number of pyridine rings is 4. The topological polar surface area (TPSA) is 214 Å². The number of rotatable bonds is 8. The highest BCUT2D eigenvalue weighted by molar-refractivity contribution is 6.09. The number of nitrogens with one attached hydrogen (secondary N) is 1. The van der Waals surface area contributed by atoms with Gasteiger partial charge in [0.2, 0.25) is 5.91 Å². The largest absolute Gasteiger partial charge is 0.481 e. The van der Waals surface area contributed by atoms with E-state index >= 15 is 0 Å². The van der Waals surface area contributed by atoms with Gasteiger partial charge in [-0.1, -0.05) is 24.3 Å². The van der Waals surface area contributed by atoms with Crippen molar-refractivity contribution >= 4 is 57.1 Å². The van der Waals surface area contributed by atoms with Crippen molar-refractivity contribution < 1.29 is 33.1 Å². The second-order valence-corrected chi connectivity index (χ2v) is 16.2. The lowest BCUT2D eigenvalue weighted by atomic mass is 10.0. The first-order valence-electron chi connectivity index (χ1n) is 20.7. The molecule has 2 aliphatic carbocycles. The van der Waals surface area contributed by atoms with Gasteiger partial charge in [0.05, 0.1) is 40.5 Å². The van der Waals surface area contributed by atoms with E-state index in [-0.39, 0.29) is 64.9 Å². The Kier molecular flexibility index (Phi) is 11.9. The van der Waals surface area contributed by atoms with Crippen LogP contribution in [0.4, 0.5) is 20.4 Å². The summed E-state index contributed by atoms with van der Waals surface area (Å²) in [7, 11) is 3.52. The molecule has 4 aromatic heterocycles. The number of hydrogen-bond acceptors (Lipinski definition) is 11. The number of benzene rings is 2. The van der Waals surface area contributed by atoms with E-state index in [1.807, 2.05) is 4.90 Å². The molecular weight excluding hydrogens is 811 g/mol. The third-order valence-corrected chi connectivity index (χ3v) is 11.7. The molecule has 6 N–H and O–H groups in total. The molecule has 0 radical (unpaired) electrons. The normalized spacial score (nSPS) is 15.8. The molecule has 15 nitrogen and oxygen atoms in total. The number of hydrogen-bond donors (Lipinski definition) is 4. The van der Waals surface area contributed by atoms with E-state index in [0.29, 0.717) is 68.5 Å². The molecule has 2 saturated heterocycles. The highest BCUT2D eigenvalue weighted by atomic mass is 19.1. The number of carbonyl (C=O) groups is 4. The van der Waals surface area contributed by atoms with Crippen LogP contribution in [0.1, 0.15) is 46.4 Å². The molecule has 0 bridgehead atoms. The van der Waals surface area contributed by atoms with Crippen molar-refractivity contribution in [3.63, 3.8) is 0 Å². The van der Waals surface area contributed by atoms with Gasteiger partial charge in [-0.15, -0.1) is 0 Å². The molecule has 0 atom stereocenters. The molecule has 63 heavy (non-hydrogen) atoms. The van der Waals surface area contributed by atoms with Crippen molar-refractivity contribution in [2.24, 2.45) is 11.8 Å². The fourth-order valence-electron chi connectivity index (χ4n) is 7.29. The summed E-state index contributed by atoms with van der Waals surface area (Å²) in [5, 5.41) is 12.4. The second-order valence-electron chi connectivity index (χ2n) is 16.2. The summed E-state index contributed by atoms with van der Waals surface area (Å²) in [6, 6.07) is 19.5. The van der Waals surface area contributed by atoms with Gasteiger partial charge < -0.3 is 36.6 Å². The number of carbonyl (C=O) groups excluding carboxylic acids is 3. The van der Waals surface area contributed by atoms with Crippen LogP contribution in [0.15, 0.2) is 85.2 Å². The maximum atomic E-state index is 13.6. The van der Waals surface area contributed by atoms with E-state index in [1.165, 1.54) is 36.7 Å². The molecule has 6 heterocycles. The van der Waals surface area contributed by atoms with Gasteiger partial charge in [-0.25, -0.2) is 28.7 Å². The first-order chi connectivity index (χ1) is 30.3. The van der Waals surface area contributed by atoms with Crippen molar-refractivity contribution in [2.75, 3.05) is 51.7 Å². The standard InChI is InChI=1S/C23H22FN5O2.C19H18FN5O.C4H6O2/c1-28(16-11-29(12-16)22(30)13-5-6-13)23(31)18-10-26-21(25)20-17(18)7-8-19(27-20)14-3-2-4-15(24)9-14;1-25(13-8-22-9-13)19(26)15-10-23-18(21)17-14(15)5-6-16(24-17)11-3-2-4-12(20)7-11;5-4(6)3-1-2-3/h2-4,7-10,13,16H,5-6,11-12H2,1H3,(H2,25,26);2-7,10,13,22H,8-9H2,1H3,(H2,21,23);3H,1-2H2,(H,5,6). The first-order valence-corrected chi connectivity index (χ1v) is 20.7. The molecule has 3 amide bonds. The van der Waals surface area contributed by atoms with E-state index in [0.717, 1.165) is 38.8 Å². The van der Waals surface area contributed by atoms with Gasteiger partial charge in [-0.05, 0) is 74.2 Å². The third kappa shape index (κ3) is 9.23. The number of aromatic nitrogens is 4. The van der Waals surface area contributed by atoms with Gasteiger partial charge in [0.1, 0.15) is 34.3 Å². The van der Waals surface area contributed by atoms with Crippen LogP contribution in [0.2, 0.25) is 0 Å². The minimum atomic E-state index is -0.630. The Bertz CT molecular complexity index is 2750. The van der Waals surface area contributed by atoms with E-state index in [2.05, 4.69) is 25.3 Å². The predicted molar refractivity (Wildman–Crippen MR) is 233 cm³/mol. The zero-order valence-corrected chi connectivity index (χ0v) is 34.7. The number of carboxylic acid groups (broad SMARTS) is 1. The number of fused-ring (bicyclic) bond motifs is 2. The van der Waals surface area contributed by atoms with Gasteiger partial charge >= 0.3 is 5.97 Å². The van der Waals surface area contributed by atoms with Gasteiger partial charge in [0.15, 0.2) is 0 Å². The van der Waals surface area contributed by atoms with Crippen LogP contribution in [0.3, 0.4) is 0 Å². The number of carboxylic acids is 1. The van der Waals surface area contributed by atoms with Crippen LogP contribution in [-0.2, 0) is 9.59 Å². The Labute approximate surface area is 361 Å². The molecule has 2 aliphatic heterocycles. The summed E-state index contributed by atoms with van der Waals surface area (Å²) in [4.78, 5) is 70.5. The molecule has 4 aliphatic rings. The summed E-state index contributed by atoms with van der Waals surface area (Å²) in [6.45, 7) is 2.68. The summed E-state index contributed by atoms with van der Waals surface area (Å²) in [5.41, 5.74) is 16.1. The minimum absolute atomic E-state index is 0.0185. The Morgan fingerprint density at radius 1 is 0.683 bits per heavy atom. The van der Waals surface area contributed by atoms with E-state index < -0.39 is 5.97 Å². The number of nitrogens with two attached hydrogens (primary N) is 2. The SMILES string of the molecule is CN(C(=O)c1cnc(N)c2nc(-c3cccc(F)c3)ccc12)C1CN(C(=O)C2CC2)C1.CN(C(=O)c1cnc(N)c2nc(-c3cccc(F)c3)ccc12)C1CNC1.O=C(O)C1CC1. The van der Waals surface area contributed by atoms with Crippen LogP contribution >= 0.6 is 0 Å². The molecule has 6 aromatic rings. The highest BCUT2D eigenvalue weighted by Crippen LogP contribution is 2.34. The van der Waals surface area contributed by atoms with Gasteiger partial charge in [0.25, 0.3) is 11.8 Å². The average molecular weight is 857 g/mol. The van der Waals surface area contributed by atoms with Crippen LogP contribution in [0.25, 0.3) is 44.3 Å². The smallest absolute Gasteiger partial charge is 0.306 e. The number of halogens is 2. The maximum absolute atomic E-state index is 13.6. The Morgan fingerprint density at radius 3 is 1.52 bits per heavy atom. The Morgan fingerprint density at radius 2 is 1.14 bits per heavy atom. The van der Waals surface area contributed by atoms with Gasteiger partial charge in [-0.2, -0.15) is 0 Å². The summed E-state index contributed by atoms with van der Waals surface area (Å²) in [5.74, 6) is -0.784. The molecule has 2 aromatic carbocycles. The lowest BCUT2D eigenvalue weighted by Crippen LogP contribution is -2.61. The van der Waals surface area contributed by atoms with Crippen LogP contribution in [-0.4, -0.2) is 116 Å². The highest BCUT2D eigenvalue weighted by Gasteiger charge is 2.41. The van der Waals surface area contributed by atoms with Crippen LogP contribution in [0, 0.1) is 23.5 Å². The summed E-state index contributed by atoms with van der Waals surface area (Å²) in [6.07, 6.45) is 6.70. The van der Waals surface area contributed by atoms with E-state index in [9.17, 15) is 28.0 Å².